The predicted molar refractivity (Wildman–Crippen MR) is 68.6 cm³/mol. The van der Waals surface area contributed by atoms with E-state index in [9.17, 15) is 4.79 Å². The minimum atomic E-state index is -0.396. The average molecular weight is 266 g/mol. The zero-order valence-corrected chi connectivity index (χ0v) is 11.0. The minimum absolute atomic E-state index is 0.339. The fourth-order valence-corrected chi connectivity index (χ4v) is 2.13. The van der Waals surface area contributed by atoms with E-state index in [2.05, 4.69) is 15.4 Å². The number of rotatable bonds is 5. The van der Waals surface area contributed by atoms with E-state index >= 15 is 0 Å². The normalized spacial score (nSPS) is 10.3. The number of aromatic nitrogens is 3. The second kappa shape index (κ2) is 5.63. The molecule has 0 fully saturated rings. The Morgan fingerprint density at radius 3 is 3.11 bits per heavy atom. The van der Waals surface area contributed by atoms with Crippen LogP contribution in [-0.4, -0.2) is 27.3 Å². The van der Waals surface area contributed by atoms with Gasteiger partial charge in [0, 0.05) is 25.4 Å². The topological polar surface area (TPSA) is 69.0 Å². The first kappa shape index (κ1) is 12.6. The second-order valence-corrected chi connectivity index (χ2v) is 4.48. The third-order valence-electron chi connectivity index (χ3n) is 2.25. The number of ether oxygens (including phenoxy) is 1. The van der Waals surface area contributed by atoms with E-state index in [0.29, 0.717) is 18.8 Å². The molecule has 0 aliphatic carbocycles. The van der Waals surface area contributed by atoms with Gasteiger partial charge in [-0.1, -0.05) is 0 Å². The smallest absolute Gasteiger partial charge is 0.360 e. The SMILES string of the molecule is CCOC(=O)c1ncsc1NCc1cnn(C)c1. The molecule has 6 nitrogen and oxygen atoms in total. The van der Waals surface area contributed by atoms with Crippen molar-refractivity contribution in [2.24, 2.45) is 7.05 Å². The molecule has 0 unspecified atom stereocenters. The molecule has 0 aromatic carbocycles. The highest BCUT2D eigenvalue weighted by molar-refractivity contribution is 7.14. The van der Waals surface area contributed by atoms with Crippen LogP contribution in [0.5, 0.6) is 0 Å². The van der Waals surface area contributed by atoms with Crippen LogP contribution >= 0.6 is 11.3 Å². The third kappa shape index (κ3) is 2.86. The van der Waals surface area contributed by atoms with Gasteiger partial charge in [-0.2, -0.15) is 5.10 Å². The number of hydrogen-bond donors (Lipinski definition) is 1. The fourth-order valence-electron chi connectivity index (χ4n) is 1.46. The number of thiazole rings is 1. The Kier molecular flexibility index (Phi) is 3.93. The average Bonchev–Trinajstić information content (AvgIpc) is 2.95. The van der Waals surface area contributed by atoms with Crippen LogP contribution in [0, 0.1) is 0 Å². The lowest BCUT2D eigenvalue weighted by Crippen LogP contribution is -2.08. The summed E-state index contributed by atoms with van der Waals surface area (Å²) in [4.78, 5) is 15.6. The van der Waals surface area contributed by atoms with Crippen molar-refractivity contribution in [3.63, 3.8) is 0 Å². The highest BCUT2D eigenvalue weighted by atomic mass is 32.1. The molecule has 18 heavy (non-hydrogen) atoms. The minimum Gasteiger partial charge on any atom is -0.461 e. The number of nitrogens with zero attached hydrogens (tertiary/aromatic N) is 3. The maximum absolute atomic E-state index is 11.6. The van der Waals surface area contributed by atoms with Gasteiger partial charge in [-0.15, -0.1) is 11.3 Å². The molecule has 96 valence electrons. The molecule has 0 amide bonds. The first-order valence-electron chi connectivity index (χ1n) is 5.52. The molecule has 0 spiro atoms. The third-order valence-corrected chi connectivity index (χ3v) is 3.03. The van der Waals surface area contributed by atoms with Crippen molar-refractivity contribution in [1.82, 2.24) is 14.8 Å². The van der Waals surface area contributed by atoms with Gasteiger partial charge in [-0.05, 0) is 6.92 Å². The van der Waals surface area contributed by atoms with Gasteiger partial charge >= 0.3 is 5.97 Å². The van der Waals surface area contributed by atoms with Crippen molar-refractivity contribution in [2.45, 2.75) is 13.5 Å². The van der Waals surface area contributed by atoms with Crippen LogP contribution in [0.3, 0.4) is 0 Å². The summed E-state index contributed by atoms with van der Waals surface area (Å²) in [5.74, 6) is -0.396. The molecule has 2 heterocycles. The van der Waals surface area contributed by atoms with Gasteiger partial charge in [0.25, 0.3) is 0 Å². The number of anilines is 1. The van der Waals surface area contributed by atoms with Crippen LogP contribution in [0.1, 0.15) is 23.0 Å². The van der Waals surface area contributed by atoms with E-state index in [1.807, 2.05) is 13.2 Å². The molecular weight excluding hydrogens is 252 g/mol. The monoisotopic (exact) mass is 266 g/mol. The summed E-state index contributed by atoms with van der Waals surface area (Å²) in [6.45, 7) is 2.72. The summed E-state index contributed by atoms with van der Waals surface area (Å²) in [6, 6.07) is 0. The van der Waals surface area contributed by atoms with E-state index in [4.69, 9.17) is 4.74 Å². The van der Waals surface area contributed by atoms with Crippen LogP contribution in [0.2, 0.25) is 0 Å². The predicted octanol–water partition coefficient (Wildman–Crippen LogP) is 1.67. The Morgan fingerprint density at radius 1 is 1.61 bits per heavy atom. The van der Waals surface area contributed by atoms with E-state index in [1.54, 1.807) is 23.3 Å². The van der Waals surface area contributed by atoms with Gasteiger partial charge in [0.1, 0.15) is 5.00 Å². The summed E-state index contributed by atoms with van der Waals surface area (Å²) in [5.41, 5.74) is 3.00. The molecule has 7 heteroatoms. The van der Waals surface area contributed by atoms with Gasteiger partial charge in [0.2, 0.25) is 0 Å². The molecule has 0 saturated heterocycles. The number of carbonyl (C=O) groups is 1. The number of nitrogens with one attached hydrogen (secondary N) is 1. The van der Waals surface area contributed by atoms with E-state index in [-0.39, 0.29) is 0 Å². The molecule has 0 atom stereocenters. The molecule has 2 aromatic rings. The summed E-state index contributed by atoms with van der Waals surface area (Å²) in [7, 11) is 1.86. The summed E-state index contributed by atoms with van der Waals surface area (Å²) < 4.78 is 6.66. The summed E-state index contributed by atoms with van der Waals surface area (Å²) in [6.07, 6.45) is 3.69. The first-order chi connectivity index (χ1) is 8.70. The lowest BCUT2D eigenvalue weighted by molar-refractivity contribution is 0.0521. The Labute approximate surface area is 109 Å². The Bertz CT molecular complexity index is 535. The lowest BCUT2D eigenvalue weighted by Gasteiger charge is -2.04. The fraction of sp³-hybridized carbons (Fsp3) is 0.364. The molecule has 0 aliphatic heterocycles. The standard InChI is InChI=1S/C11H14N4O2S/c1-3-17-11(16)9-10(18-7-13-9)12-4-8-5-14-15(2)6-8/h5-7,12H,3-4H2,1-2H3. The Morgan fingerprint density at radius 2 is 2.44 bits per heavy atom. The van der Waals surface area contributed by atoms with Gasteiger partial charge in [0.05, 0.1) is 18.3 Å². The van der Waals surface area contributed by atoms with Crippen molar-refractivity contribution in [1.29, 1.82) is 0 Å². The molecule has 0 bridgehead atoms. The molecule has 0 saturated carbocycles. The van der Waals surface area contributed by atoms with E-state index in [1.165, 1.54) is 11.3 Å². The molecule has 0 radical (unpaired) electrons. The number of aryl methyl sites for hydroxylation is 1. The van der Waals surface area contributed by atoms with Crippen molar-refractivity contribution in [2.75, 3.05) is 11.9 Å². The summed E-state index contributed by atoms with van der Waals surface area (Å²) in [5, 5.41) is 7.96. The zero-order valence-electron chi connectivity index (χ0n) is 10.2. The quantitative estimate of drug-likeness (QED) is 0.834. The number of hydrogen-bond acceptors (Lipinski definition) is 6. The molecule has 2 rings (SSSR count). The van der Waals surface area contributed by atoms with Crippen molar-refractivity contribution < 1.29 is 9.53 Å². The molecule has 2 aromatic heterocycles. The van der Waals surface area contributed by atoms with E-state index < -0.39 is 5.97 Å². The summed E-state index contributed by atoms with van der Waals surface area (Å²) >= 11 is 1.38. The van der Waals surface area contributed by atoms with Crippen LogP contribution in [0.15, 0.2) is 17.9 Å². The first-order valence-corrected chi connectivity index (χ1v) is 6.40. The number of carbonyl (C=O) groups excluding carboxylic acids is 1. The maximum atomic E-state index is 11.6. The maximum Gasteiger partial charge on any atom is 0.360 e. The van der Waals surface area contributed by atoms with Crippen LogP contribution in [-0.2, 0) is 18.3 Å². The molecular formula is C11H14N4O2S. The van der Waals surface area contributed by atoms with E-state index in [0.717, 1.165) is 10.6 Å². The van der Waals surface area contributed by atoms with Gasteiger partial charge in [-0.25, -0.2) is 9.78 Å². The van der Waals surface area contributed by atoms with Crippen LogP contribution in [0.25, 0.3) is 0 Å². The molecule has 1 N–H and O–H groups in total. The van der Waals surface area contributed by atoms with Crippen LogP contribution in [0.4, 0.5) is 5.00 Å². The van der Waals surface area contributed by atoms with Crippen molar-refractivity contribution >= 4 is 22.3 Å². The largest absolute Gasteiger partial charge is 0.461 e. The van der Waals surface area contributed by atoms with Crippen molar-refractivity contribution in [3.05, 3.63) is 29.2 Å². The van der Waals surface area contributed by atoms with Gasteiger partial charge < -0.3 is 10.1 Å². The van der Waals surface area contributed by atoms with Gasteiger partial charge in [-0.3, -0.25) is 4.68 Å². The zero-order chi connectivity index (χ0) is 13.0. The lowest BCUT2D eigenvalue weighted by atomic mass is 10.3. The number of esters is 1. The van der Waals surface area contributed by atoms with Crippen molar-refractivity contribution in [3.8, 4) is 0 Å². The highest BCUT2D eigenvalue weighted by Gasteiger charge is 2.15. The highest BCUT2D eigenvalue weighted by Crippen LogP contribution is 2.21. The van der Waals surface area contributed by atoms with Crippen LogP contribution < -0.4 is 5.32 Å². The molecule has 0 aliphatic rings. The Balaban J connectivity index is 2.01. The second-order valence-electron chi connectivity index (χ2n) is 3.63. The van der Waals surface area contributed by atoms with Gasteiger partial charge in [0.15, 0.2) is 5.69 Å². The Hall–Kier alpha value is -1.89.